The topological polar surface area (TPSA) is 0 Å². The Kier molecular flexibility index (Phi) is 15.3. The zero-order chi connectivity index (χ0) is 6.24. The molecule has 9 heavy (non-hydrogen) atoms. The summed E-state index contributed by atoms with van der Waals surface area (Å²) in [6, 6.07) is 0. The van der Waals surface area contributed by atoms with E-state index in [9.17, 15) is 0 Å². The Morgan fingerprint density at radius 3 is 1.00 bits per heavy atom. The van der Waals surface area contributed by atoms with Gasteiger partial charge in [0.15, 0.2) is 0 Å². The van der Waals surface area contributed by atoms with Crippen molar-refractivity contribution in [1.82, 2.24) is 0 Å². The van der Waals surface area contributed by atoms with Gasteiger partial charge in [0.25, 0.3) is 0 Å². The summed E-state index contributed by atoms with van der Waals surface area (Å²) < 4.78 is 0. The molecule has 0 nitrogen and oxygen atoms in total. The fourth-order valence-electron chi connectivity index (χ4n) is 0.884. The first kappa shape index (κ1) is 12.2. The van der Waals surface area contributed by atoms with Gasteiger partial charge >= 0.3 is 0 Å². The van der Waals surface area contributed by atoms with Crippen molar-refractivity contribution < 1.29 is 16.5 Å². The van der Waals surface area contributed by atoms with E-state index in [0.29, 0.717) is 0 Å². The summed E-state index contributed by atoms with van der Waals surface area (Å²) in [4.78, 5) is 0. The quantitative estimate of drug-likeness (QED) is 0.492. The van der Waals surface area contributed by atoms with E-state index in [0.717, 1.165) is 0 Å². The molecule has 0 aromatic rings. The largest absolute Gasteiger partial charge is 0.0656 e. The summed E-state index contributed by atoms with van der Waals surface area (Å²) in [6.45, 7) is 4.25. The first-order chi connectivity index (χ1) is 3.91. The molecule has 0 atom stereocenters. The van der Waals surface area contributed by atoms with E-state index >= 15 is 0 Å². The van der Waals surface area contributed by atoms with Crippen LogP contribution in [-0.2, 0) is 16.5 Å². The van der Waals surface area contributed by atoms with Crippen molar-refractivity contribution in [2.24, 2.45) is 0 Å². The van der Waals surface area contributed by atoms with E-state index in [2.05, 4.69) is 13.8 Å². The van der Waals surface area contributed by atoms with E-state index < -0.39 is 0 Å². The van der Waals surface area contributed by atoms with E-state index in [4.69, 9.17) is 0 Å². The maximum absolute atomic E-state index is 2.12. The molecule has 1 saturated carbocycles. The van der Waals surface area contributed by atoms with Gasteiger partial charge in [-0.15, -0.1) is 0 Å². The molecule has 1 fully saturated rings. The zero-order valence-electron chi connectivity index (χ0n) is 6.56. The third-order valence-corrected chi connectivity index (χ3v) is 1.25. The Balaban J connectivity index is 0. The Morgan fingerprint density at radius 1 is 0.778 bits per heavy atom. The van der Waals surface area contributed by atoms with Gasteiger partial charge in [-0.1, -0.05) is 52.4 Å². The van der Waals surface area contributed by atoms with Crippen molar-refractivity contribution in [1.29, 1.82) is 0 Å². The average Bonchev–Trinajstić information content (AvgIpc) is 2.17. The van der Waals surface area contributed by atoms with Crippen molar-refractivity contribution in [3.8, 4) is 0 Å². The molecule has 1 aliphatic rings. The molecular formula is C8H18Ni. The van der Waals surface area contributed by atoms with Gasteiger partial charge in [-0.2, -0.15) is 0 Å². The predicted molar refractivity (Wildman–Crippen MR) is 39.0 cm³/mol. The summed E-state index contributed by atoms with van der Waals surface area (Å²) in [5.41, 5.74) is 0. The minimum absolute atomic E-state index is 0. The van der Waals surface area contributed by atoms with Gasteiger partial charge in [0.1, 0.15) is 0 Å². The van der Waals surface area contributed by atoms with Gasteiger partial charge in [0.2, 0.25) is 0 Å². The van der Waals surface area contributed by atoms with Gasteiger partial charge in [0, 0.05) is 16.5 Å². The van der Waals surface area contributed by atoms with Gasteiger partial charge in [0.05, 0.1) is 0 Å². The molecule has 0 aromatic carbocycles. The Morgan fingerprint density at radius 2 is 0.889 bits per heavy atom. The minimum atomic E-state index is 0. The van der Waals surface area contributed by atoms with Crippen LogP contribution in [0.3, 0.4) is 0 Å². The van der Waals surface area contributed by atoms with E-state index in [1.54, 1.807) is 0 Å². The summed E-state index contributed by atoms with van der Waals surface area (Å²) in [7, 11) is 0. The predicted octanol–water partition coefficient (Wildman–Crippen LogP) is 3.36. The maximum Gasteiger partial charge on any atom is 0 e. The van der Waals surface area contributed by atoms with Crippen LogP contribution in [0.4, 0.5) is 0 Å². The average molecular weight is 173 g/mol. The monoisotopic (exact) mass is 172 g/mol. The van der Waals surface area contributed by atoms with Crippen LogP contribution < -0.4 is 0 Å². The summed E-state index contributed by atoms with van der Waals surface area (Å²) in [6.07, 6.45) is 8.75. The molecule has 0 saturated heterocycles. The van der Waals surface area contributed by atoms with Crippen LogP contribution in [0.5, 0.6) is 0 Å². The smallest absolute Gasteiger partial charge is 0 e. The maximum atomic E-state index is 2.12. The molecule has 0 amide bonds. The molecule has 0 spiro atoms. The van der Waals surface area contributed by atoms with Crippen molar-refractivity contribution in [3.05, 3.63) is 0 Å². The molecule has 0 aromatic heterocycles. The fraction of sp³-hybridized carbons (Fsp3) is 1.00. The molecule has 0 unspecified atom stereocenters. The van der Waals surface area contributed by atoms with Crippen molar-refractivity contribution in [2.45, 2.75) is 52.4 Å². The molecule has 0 heterocycles. The third-order valence-electron chi connectivity index (χ3n) is 1.25. The Labute approximate surface area is 69.3 Å². The summed E-state index contributed by atoms with van der Waals surface area (Å²) in [5.74, 6) is 0. The van der Waals surface area contributed by atoms with Crippen molar-refractivity contribution in [2.75, 3.05) is 0 Å². The second-order valence-corrected chi connectivity index (χ2v) is 2.47. The molecular weight excluding hydrogens is 155 g/mol. The number of rotatable bonds is 0. The third kappa shape index (κ3) is 11.9. The van der Waals surface area contributed by atoms with Crippen LogP contribution in [0.1, 0.15) is 52.4 Å². The SMILES string of the molecule is C1CCCC1.CCC.[Ni]. The minimum Gasteiger partial charge on any atom is -0.0656 e. The van der Waals surface area contributed by atoms with Gasteiger partial charge in [-0.05, 0) is 0 Å². The number of hydrogen-bond acceptors (Lipinski definition) is 0. The molecule has 0 bridgehead atoms. The second kappa shape index (κ2) is 11.3. The van der Waals surface area contributed by atoms with Crippen LogP contribution in [0.15, 0.2) is 0 Å². The van der Waals surface area contributed by atoms with Gasteiger partial charge in [-0.25, -0.2) is 0 Å². The van der Waals surface area contributed by atoms with Crippen LogP contribution >= 0.6 is 0 Å². The van der Waals surface area contributed by atoms with Crippen molar-refractivity contribution >= 4 is 0 Å². The summed E-state index contributed by atoms with van der Waals surface area (Å²) in [5, 5.41) is 0. The molecule has 60 valence electrons. The van der Waals surface area contributed by atoms with Crippen LogP contribution in [0.2, 0.25) is 0 Å². The fourth-order valence-corrected chi connectivity index (χ4v) is 0.884. The Hall–Kier alpha value is 0.494. The van der Waals surface area contributed by atoms with Crippen molar-refractivity contribution in [3.63, 3.8) is 0 Å². The Bertz CT molecular complexity index is 23.9. The molecule has 1 aliphatic carbocycles. The van der Waals surface area contributed by atoms with Crippen LogP contribution in [0, 0.1) is 0 Å². The van der Waals surface area contributed by atoms with Gasteiger partial charge in [-0.3, -0.25) is 0 Å². The molecule has 0 N–H and O–H groups in total. The van der Waals surface area contributed by atoms with Crippen LogP contribution in [-0.4, -0.2) is 0 Å². The van der Waals surface area contributed by atoms with E-state index in [1.165, 1.54) is 38.5 Å². The first-order valence-corrected chi connectivity index (χ1v) is 3.91. The van der Waals surface area contributed by atoms with E-state index in [1.807, 2.05) is 0 Å². The molecule has 1 heteroatoms. The van der Waals surface area contributed by atoms with Crippen LogP contribution in [0.25, 0.3) is 0 Å². The zero-order valence-corrected chi connectivity index (χ0v) is 7.55. The standard InChI is InChI=1S/C5H10.C3H8.Ni/c1-2-4-5-3-1;1-3-2;/h1-5H2;3H2,1-2H3;. The van der Waals surface area contributed by atoms with Gasteiger partial charge < -0.3 is 0 Å². The summed E-state index contributed by atoms with van der Waals surface area (Å²) >= 11 is 0. The van der Waals surface area contributed by atoms with E-state index in [-0.39, 0.29) is 16.5 Å². The normalized spacial score (nSPS) is 15.3. The first-order valence-electron chi connectivity index (χ1n) is 3.91. The molecule has 1 rings (SSSR count). The molecule has 0 radical (unpaired) electrons. The number of hydrogen-bond donors (Lipinski definition) is 0. The molecule has 0 aliphatic heterocycles. The second-order valence-electron chi connectivity index (χ2n) is 2.47.